The number of nitrogens with two attached hydrogens (primary N) is 2. The smallest absolute Gasteiger partial charge is 0.213 e. The van der Waals surface area contributed by atoms with Gasteiger partial charge in [0, 0.05) is 18.6 Å². The van der Waals surface area contributed by atoms with Gasteiger partial charge in [-0.25, -0.2) is 0 Å². The van der Waals surface area contributed by atoms with Crippen LogP contribution in [0.3, 0.4) is 0 Å². The maximum atomic E-state index is 5.76. The third kappa shape index (κ3) is 2.81. The lowest BCUT2D eigenvalue weighted by molar-refractivity contribution is 0.492. The summed E-state index contributed by atoms with van der Waals surface area (Å²) >= 11 is 5.76. The number of nitrogens with zero attached hydrogens (tertiary/aromatic N) is 2. The fourth-order valence-electron chi connectivity index (χ4n) is 1.04. The molecule has 76 valence electrons. The second-order valence-electron chi connectivity index (χ2n) is 2.97. The van der Waals surface area contributed by atoms with Gasteiger partial charge in [-0.1, -0.05) is 23.7 Å². The lowest BCUT2D eigenvalue weighted by Crippen LogP contribution is -2.34. The van der Waals surface area contributed by atoms with Gasteiger partial charge in [0.1, 0.15) is 0 Å². The standard InChI is InChI=1S/C9H13ClN4/c1-14(9(11)13-12)6-7-2-4-8(10)5-3-7/h2-5H,6,12H2,1H3,(H2,11,13). The van der Waals surface area contributed by atoms with E-state index in [9.17, 15) is 0 Å². The average molecular weight is 213 g/mol. The van der Waals surface area contributed by atoms with Crippen LogP contribution in [-0.2, 0) is 6.54 Å². The van der Waals surface area contributed by atoms with E-state index >= 15 is 0 Å². The second kappa shape index (κ2) is 4.72. The van der Waals surface area contributed by atoms with Gasteiger partial charge in [-0.2, -0.15) is 0 Å². The van der Waals surface area contributed by atoms with Crippen molar-refractivity contribution in [3.05, 3.63) is 34.9 Å². The molecule has 0 atom stereocenters. The zero-order valence-electron chi connectivity index (χ0n) is 7.94. The Labute approximate surface area is 88.1 Å². The first kappa shape index (κ1) is 10.7. The Bertz CT molecular complexity index is 320. The molecule has 4 N–H and O–H groups in total. The molecular formula is C9H13ClN4. The summed E-state index contributed by atoms with van der Waals surface area (Å²) in [5, 5.41) is 4.12. The van der Waals surface area contributed by atoms with Crippen LogP contribution in [0.25, 0.3) is 0 Å². The van der Waals surface area contributed by atoms with Crippen molar-refractivity contribution >= 4 is 17.6 Å². The van der Waals surface area contributed by atoms with Crippen molar-refractivity contribution in [1.29, 1.82) is 0 Å². The van der Waals surface area contributed by atoms with E-state index in [1.807, 2.05) is 31.3 Å². The number of benzene rings is 1. The highest BCUT2D eigenvalue weighted by Crippen LogP contribution is 2.10. The van der Waals surface area contributed by atoms with Gasteiger partial charge in [0.15, 0.2) is 0 Å². The van der Waals surface area contributed by atoms with Crippen molar-refractivity contribution in [3.63, 3.8) is 0 Å². The van der Waals surface area contributed by atoms with E-state index in [2.05, 4.69) is 5.10 Å². The van der Waals surface area contributed by atoms with E-state index in [0.717, 1.165) is 10.6 Å². The molecule has 14 heavy (non-hydrogen) atoms. The van der Waals surface area contributed by atoms with Crippen molar-refractivity contribution < 1.29 is 0 Å². The number of guanidine groups is 1. The van der Waals surface area contributed by atoms with Gasteiger partial charge in [0.05, 0.1) is 0 Å². The molecule has 0 saturated heterocycles. The van der Waals surface area contributed by atoms with Crippen LogP contribution in [0, 0.1) is 0 Å². The van der Waals surface area contributed by atoms with Crippen LogP contribution in [0.4, 0.5) is 0 Å². The van der Waals surface area contributed by atoms with Crippen LogP contribution >= 0.6 is 11.6 Å². The van der Waals surface area contributed by atoms with Crippen molar-refractivity contribution in [2.75, 3.05) is 7.05 Å². The molecule has 0 saturated carbocycles. The summed E-state index contributed by atoms with van der Waals surface area (Å²) in [5.41, 5.74) is 6.62. The second-order valence-corrected chi connectivity index (χ2v) is 3.41. The first-order valence-corrected chi connectivity index (χ1v) is 4.50. The van der Waals surface area contributed by atoms with Crippen LogP contribution < -0.4 is 11.6 Å². The largest absolute Gasteiger partial charge is 0.368 e. The van der Waals surface area contributed by atoms with Crippen LogP contribution in [-0.4, -0.2) is 17.9 Å². The molecule has 0 aliphatic heterocycles. The number of hydrogen-bond acceptors (Lipinski definition) is 2. The molecule has 0 heterocycles. The zero-order valence-corrected chi connectivity index (χ0v) is 8.70. The minimum atomic E-state index is 0.306. The minimum Gasteiger partial charge on any atom is -0.368 e. The number of hydrogen-bond donors (Lipinski definition) is 2. The quantitative estimate of drug-likeness (QED) is 0.332. The molecule has 0 aliphatic rings. The lowest BCUT2D eigenvalue weighted by atomic mass is 10.2. The molecule has 4 nitrogen and oxygen atoms in total. The summed E-state index contributed by atoms with van der Waals surface area (Å²) in [5.74, 6) is 5.36. The summed E-state index contributed by atoms with van der Waals surface area (Å²) in [4.78, 5) is 1.75. The lowest BCUT2D eigenvalue weighted by Gasteiger charge is -2.16. The monoisotopic (exact) mass is 212 g/mol. The van der Waals surface area contributed by atoms with Crippen LogP contribution in [0.5, 0.6) is 0 Å². The molecule has 1 rings (SSSR count). The molecular weight excluding hydrogens is 200 g/mol. The molecule has 0 radical (unpaired) electrons. The molecule has 0 aliphatic carbocycles. The van der Waals surface area contributed by atoms with Crippen LogP contribution in [0.2, 0.25) is 5.02 Å². The van der Waals surface area contributed by atoms with Gasteiger partial charge in [-0.15, -0.1) is 5.10 Å². The molecule has 1 aromatic rings. The normalized spacial score (nSPS) is 11.4. The number of halogens is 1. The third-order valence-corrected chi connectivity index (χ3v) is 2.11. The number of rotatable bonds is 2. The van der Waals surface area contributed by atoms with E-state index in [1.165, 1.54) is 0 Å². The van der Waals surface area contributed by atoms with E-state index in [4.69, 9.17) is 23.2 Å². The van der Waals surface area contributed by atoms with Crippen LogP contribution in [0.15, 0.2) is 29.4 Å². The Morgan fingerprint density at radius 1 is 1.43 bits per heavy atom. The summed E-state index contributed by atoms with van der Waals surface area (Å²) in [7, 11) is 1.82. The van der Waals surface area contributed by atoms with E-state index in [0.29, 0.717) is 12.5 Å². The van der Waals surface area contributed by atoms with E-state index < -0.39 is 0 Å². The molecule has 5 heteroatoms. The fourth-order valence-corrected chi connectivity index (χ4v) is 1.17. The highest BCUT2D eigenvalue weighted by atomic mass is 35.5. The van der Waals surface area contributed by atoms with Crippen molar-refractivity contribution in [2.24, 2.45) is 16.7 Å². The Morgan fingerprint density at radius 2 is 2.00 bits per heavy atom. The van der Waals surface area contributed by atoms with Crippen LogP contribution in [0.1, 0.15) is 5.56 Å². The topological polar surface area (TPSA) is 67.6 Å². The van der Waals surface area contributed by atoms with Gasteiger partial charge in [0.25, 0.3) is 0 Å². The maximum Gasteiger partial charge on any atom is 0.213 e. The SMILES string of the molecule is CN(Cc1ccc(Cl)cc1)C(N)=NN. The fraction of sp³-hybridized carbons (Fsp3) is 0.222. The Kier molecular flexibility index (Phi) is 3.59. The number of hydrazone groups is 1. The molecule has 0 fully saturated rings. The van der Waals surface area contributed by atoms with Crippen molar-refractivity contribution in [2.45, 2.75) is 6.54 Å². The summed E-state index contributed by atoms with van der Waals surface area (Å²) in [6.07, 6.45) is 0. The Morgan fingerprint density at radius 3 is 2.50 bits per heavy atom. The van der Waals surface area contributed by atoms with Gasteiger partial charge >= 0.3 is 0 Å². The summed E-state index contributed by atoms with van der Waals surface area (Å²) < 4.78 is 0. The Hall–Kier alpha value is -1.42. The molecule has 0 unspecified atom stereocenters. The van der Waals surface area contributed by atoms with E-state index in [1.54, 1.807) is 4.90 Å². The van der Waals surface area contributed by atoms with Crippen molar-refractivity contribution in [3.8, 4) is 0 Å². The van der Waals surface area contributed by atoms with Gasteiger partial charge in [0.2, 0.25) is 5.96 Å². The first-order valence-electron chi connectivity index (χ1n) is 4.12. The zero-order chi connectivity index (χ0) is 10.6. The molecule has 0 aromatic heterocycles. The first-order chi connectivity index (χ1) is 6.63. The van der Waals surface area contributed by atoms with Gasteiger partial charge in [-0.05, 0) is 17.7 Å². The van der Waals surface area contributed by atoms with Gasteiger partial charge in [-0.3, -0.25) is 0 Å². The molecule has 0 spiro atoms. The minimum absolute atomic E-state index is 0.306. The highest BCUT2D eigenvalue weighted by Gasteiger charge is 2.01. The predicted octanol–water partition coefficient (Wildman–Crippen LogP) is 0.960. The van der Waals surface area contributed by atoms with Crippen molar-refractivity contribution in [1.82, 2.24) is 4.90 Å². The average Bonchev–Trinajstić information content (AvgIpc) is 2.20. The molecule has 0 amide bonds. The third-order valence-electron chi connectivity index (χ3n) is 1.86. The Balaban J connectivity index is 2.65. The van der Waals surface area contributed by atoms with E-state index in [-0.39, 0.29) is 0 Å². The summed E-state index contributed by atoms with van der Waals surface area (Å²) in [6, 6.07) is 7.53. The molecule has 1 aromatic carbocycles. The summed E-state index contributed by atoms with van der Waals surface area (Å²) in [6.45, 7) is 0.656. The van der Waals surface area contributed by atoms with Gasteiger partial charge < -0.3 is 16.5 Å². The highest BCUT2D eigenvalue weighted by molar-refractivity contribution is 6.30. The maximum absolute atomic E-state index is 5.76. The molecule has 0 bridgehead atoms. The predicted molar refractivity (Wildman–Crippen MR) is 58.7 cm³/mol.